The summed E-state index contributed by atoms with van der Waals surface area (Å²) in [6.07, 6.45) is 1.83. The van der Waals surface area contributed by atoms with Gasteiger partial charge in [-0.1, -0.05) is 96.3 Å². The molecule has 5 aromatic carbocycles. The van der Waals surface area contributed by atoms with E-state index in [4.69, 9.17) is 23.9 Å². The standard InChI is InChI=1S/C42H35IN2O6S/c1-4-49-31-20-18-29(19-21-31)38-36(41(47)50-5-2)37(28-13-7-6-8-14-28)44-42-45(38)40(46)35(52-42)24-26-22-33(43)39(34(23-26)48-3)51-25-30-16-11-15-27-12-9-10-17-32(27)30/h6-24,38H,4-5,25H2,1-3H3/b35-24-/t38-/m1/s1. The highest BCUT2D eigenvalue weighted by Gasteiger charge is 2.35. The Labute approximate surface area is 318 Å². The first-order chi connectivity index (χ1) is 25.4. The highest BCUT2D eigenvalue weighted by Crippen LogP contribution is 2.37. The molecule has 0 unspecified atom stereocenters. The molecular formula is C42H35IN2O6S. The number of hydrogen-bond acceptors (Lipinski definition) is 8. The maximum absolute atomic E-state index is 14.4. The number of carbonyl (C=O) groups is 1. The van der Waals surface area contributed by atoms with Crippen LogP contribution in [0, 0.1) is 3.57 Å². The van der Waals surface area contributed by atoms with Crippen molar-refractivity contribution >= 4 is 62.4 Å². The number of esters is 1. The number of thiazole rings is 1. The molecule has 6 aromatic rings. The van der Waals surface area contributed by atoms with E-state index < -0.39 is 12.0 Å². The molecule has 0 saturated carbocycles. The molecule has 0 amide bonds. The molecule has 1 aliphatic heterocycles. The lowest BCUT2D eigenvalue weighted by molar-refractivity contribution is -0.138. The van der Waals surface area contributed by atoms with Crippen molar-refractivity contribution in [2.24, 2.45) is 4.99 Å². The van der Waals surface area contributed by atoms with Crippen LogP contribution in [0.4, 0.5) is 0 Å². The van der Waals surface area contributed by atoms with Gasteiger partial charge in [0.1, 0.15) is 12.4 Å². The molecule has 2 heterocycles. The van der Waals surface area contributed by atoms with E-state index in [2.05, 4.69) is 46.9 Å². The molecule has 0 fully saturated rings. The second-order valence-corrected chi connectivity index (χ2v) is 14.1. The van der Waals surface area contributed by atoms with Crippen molar-refractivity contribution in [1.29, 1.82) is 0 Å². The monoisotopic (exact) mass is 822 g/mol. The summed E-state index contributed by atoms with van der Waals surface area (Å²) >= 11 is 3.51. The summed E-state index contributed by atoms with van der Waals surface area (Å²) in [4.78, 5) is 33.7. The van der Waals surface area contributed by atoms with Crippen molar-refractivity contribution in [2.45, 2.75) is 26.5 Å². The molecule has 0 N–H and O–H groups in total. The van der Waals surface area contributed by atoms with Gasteiger partial charge in [-0.3, -0.25) is 9.36 Å². The fourth-order valence-corrected chi connectivity index (χ4v) is 8.13. The van der Waals surface area contributed by atoms with Crippen molar-refractivity contribution in [3.05, 3.63) is 160 Å². The van der Waals surface area contributed by atoms with Crippen LogP contribution in [0.5, 0.6) is 17.2 Å². The first kappa shape index (κ1) is 35.2. The third-order valence-corrected chi connectivity index (χ3v) is 10.5. The van der Waals surface area contributed by atoms with E-state index in [0.717, 1.165) is 36.6 Å². The molecule has 0 radical (unpaired) electrons. The van der Waals surface area contributed by atoms with Crippen LogP contribution in [0.25, 0.3) is 22.5 Å². The van der Waals surface area contributed by atoms with Gasteiger partial charge in [-0.25, -0.2) is 9.79 Å². The molecule has 10 heteroatoms. The summed E-state index contributed by atoms with van der Waals surface area (Å²) in [6, 6.07) is 34.4. The minimum Gasteiger partial charge on any atom is -0.494 e. The zero-order valence-electron chi connectivity index (χ0n) is 28.8. The summed E-state index contributed by atoms with van der Waals surface area (Å²) in [5.41, 5.74) is 3.79. The van der Waals surface area contributed by atoms with Gasteiger partial charge in [0.2, 0.25) is 0 Å². The predicted molar refractivity (Wildman–Crippen MR) is 213 cm³/mol. The van der Waals surface area contributed by atoms with Crippen molar-refractivity contribution < 1.29 is 23.7 Å². The Hall–Kier alpha value is -5.20. The quantitative estimate of drug-likeness (QED) is 0.0985. The average molecular weight is 823 g/mol. The number of rotatable bonds is 11. The zero-order chi connectivity index (χ0) is 36.2. The smallest absolute Gasteiger partial charge is 0.338 e. The summed E-state index contributed by atoms with van der Waals surface area (Å²) in [5, 5.41) is 2.29. The zero-order valence-corrected chi connectivity index (χ0v) is 31.8. The minimum absolute atomic E-state index is 0.174. The molecule has 262 valence electrons. The van der Waals surface area contributed by atoms with E-state index in [1.165, 1.54) is 11.3 Å². The number of aromatic nitrogens is 1. The van der Waals surface area contributed by atoms with Crippen LogP contribution in [0.1, 0.15) is 42.1 Å². The first-order valence-electron chi connectivity index (χ1n) is 16.9. The normalized spacial score (nSPS) is 14.2. The summed E-state index contributed by atoms with van der Waals surface area (Å²) in [5.74, 6) is 1.33. The third-order valence-electron chi connectivity index (χ3n) is 8.68. The summed E-state index contributed by atoms with van der Waals surface area (Å²) < 4.78 is 26.3. The Kier molecular flexibility index (Phi) is 10.6. The predicted octanol–water partition coefficient (Wildman–Crippen LogP) is 7.68. The van der Waals surface area contributed by atoms with E-state index in [0.29, 0.717) is 51.1 Å². The fourth-order valence-electron chi connectivity index (χ4n) is 6.35. The summed E-state index contributed by atoms with van der Waals surface area (Å²) in [6.45, 7) is 4.74. The fraction of sp³-hybridized carbons (Fsp3) is 0.167. The van der Waals surface area contributed by atoms with Gasteiger partial charge in [0, 0.05) is 5.56 Å². The first-order valence-corrected chi connectivity index (χ1v) is 18.8. The molecule has 7 rings (SSSR count). The molecule has 1 aromatic heterocycles. The Morgan fingerprint density at radius 3 is 2.40 bits per heavy atom. The van der Waals surface area contributed by atoms with Crippen LogP contribution in [0.15, 0.2) is 125 Å². The molecule has 0 saturated heterocycles. The number of ether oxygens (including phenoxy) is 4. The molecule has 1 aliphatic rings. The third kappa shape index (κ3) is 7.00. The van der Waals surface area contributed by atoms with Gasteiger partial charge >= 0.3 is 5.97 Å². The number of carbonyl (C=O) groups excluding carboxylic acids is 1. The minimum atomic E-state index is -0.789. The Bertz CT molecular complexity index is 2480. The lowest BCUT2D eigenvalue weighted by atomic mass is 9.93. The van der Waals surface area contributed by atoms with Crippen LogP contribution in [-0.2, 0) is 16.1 Å². The number of nitrogens with zero attached hydrogens (tertiary/aromatic N) is 2. The molecule has 8 nitrogen and oxygen atoms in total. The average Bonchev–Trinajstić information content (AvgIpc) is 3.48. The Morgan fingerprint density at radius 1 is 0.904 bits per heavy atom. The lowest BCUT2D eigenvalue weighted by Crippen LogP contribution is -2.40. The van der Waals surface area contributed by atoms with Gasteiger partial charge < -0.3 is 18.9 Å². The molecule has 0 aliphatic carbocycles. The Balaban J connectivity index is 1.33. The number of fused-ring (bicyclic) bond motifs is 2. The Morgan fingerprint density at radius 2 is 1.65 bits per heavy atom. The van der Waals surface area contributed by atoms with Gasteiger partial charge in [0.05, 0.1) is 45.7 Å². The van der Waals surface area contributed by atoms with Crippen LogP contribution in [-0.4, -0.2) is 30.9 Å². The molecular weight excluding hydrogens is 787 g/mol. The van der Waals surface area contributed by atoms with Gasteiger partial charge in [-0.15, -0.1) is 0 Å². The lowest BCUT2D eigenvalue weighted by Gasteiger charge is -2.26. The van der Waals surface area contributed by atoms with Crippen LogP contribution < -0.4 is 29.1 Å². The topological polar surface area (TPSA) is 88.4 Å². The maximum Gasteiger partial charge on any atom is 0.338 e. The van der Waals surface area contributed by atoms with Gasteiger partial charge in [0.15, 0.2) is 16.3 Å². The van der Waals surface area contributed by atoms with E-state index in [1.54, 1.807) is 18.6 Å². The second kappa shape index (κ2) is 15.6. The number of halogens is 1. The molecule has 1 atom stereocenters. The van der Waals surface area contributed by atoms with E-state index in [-0.39, 0.29) is 12.2 Å². The highest BCUT2D eigenvalue weighted by atomic mass is 127. The number of methoxy groups -OCH3 is 1. The second-order valence-electron chi connectivity index (χ2n) is 11.9. The number of hydrogen-bond donors (Lipinski definition) is 0. The van der Waals surface area contributed by atoms with Crippen molar-refractivity contribution in [3.8, 4) is 17.2 Å². The van der Waals surface area contributed by atoms with Crippen LogP contribution in [0.3, 0.4) is 0 Å². The number of benzene rings is 5. The van der Waals surface area contributed by atoms with Crippen molar-refractivity contribution in [2.75, 3.05) is 20.3 Å². The van der Waals surface area contributed by atoms with Crippen LogP contribution >= 0.6 is 33.9 Å². The van der Waals surface area contributed by atoms with E-state index >= 15 is 0 Å². The van der Waals surface area contributed by atoms with E-state index in [1.807, 2.05) is 97.9 Å². The van der Waals surface area contributed by atoms with Crippen LogP contribution in [0.2, 0.25) is 0 Å². The van der Waals surface area contributed by atoms with Crippen molar-refractivity contribution in [1.82, 2.24) is 4.57 Å². The van der Waals surface area contributed by atoms with Gasteiger partial charge in [0.25, 0.3) is 5.56 Å². The summed E-state index contributed by atoms with van der Waals surface area (Å²) in [7, 11) is 1.60. The molecule has 0 bridgehead atoms. The van der Waals surface area contributed by atoms with Crippen molar-refractivity contribution in [3.63, 3.8) is 0 Å². The van der Waals surface area contributed by atoms with Gasteiger partial charge in [-0.05, 0) is 94.2 Å². The molecule has 52 heavy (non-hydrogen) atoms. The maximum atomic E-state index is 14.4. The van der Waals surface area contributed by atoms with Gasteiger partial charge in [-0.2, -0.15) is 0 Å². The largest absolute Gasteiger partial charge is 0.494 e. The highest BCUT2D eigenvalue weighted by molar-refractivity contribution is 14.1. The van der Waals surface area contributed by atoms with E-state index in [9.17, 15) is 9.59 Å². The molecule has 0 spiro atoms. The SMILES string of the molecule is CCOC(=O)C1=C(c2ccccc2)N=c2s/c(=C\c3cc(I)c(OCc4cccc5ccccc45)c(OC)c3)c(=O)n2[C@@H]1c1ccc(OCC)cc1.